The lowest BCUT2D eigenvalue weighted by molar-refractivity contribution is -0.114. The maximum Gasteiger partial charge on any atom is 0.245 e. The monoisotopic (exact) mass is 410 g/mol. The SMILES string of the molecule is COc1ccc(Cl)cc1N(CC(=O)Nc1ccc(C(C)C)cc1)S(C)(=O)=O. The number of amides is 1. The molecule has 2 aromatic carbocycles. The fraction of sp³-hybridized carbons (Fsp3) is 0.316. The molecule has 0 aliphatic rings. The fourth-order valence-corrected chi connectivity index (χ4v) is 3.54. The molecular weight excluding hydrogens is 388 g/mol. The fourth-order valence-electron chi connectivity index (χ4n) is 2.52. The van der Waals surface area contributed by atoms with E-state index in [0.29, 0.717) is 22.4 Å². The molecule has 0 saturated carbocycles. The summed E-state index contributed by atoms with van der Waals surface area (Å²) in [6, 6.07) is 12.0. The van der Waals surface area contributed by atoms with Crippen LogP contribution in [0.5, 0.6) is 5.75 Å². The minimum Gasteiger partial charge on any atom is -0.495 e. The standard InChI is InChI=1S/C19H23ClN2O4S/c1-13(2)14-5-8-16(9-6-14)21-19(23)12-22(27(4,24)25)17-11-15(20)7-10-18(17)26-3/h5-11,13H,12H2,1-4H3,(H,21,23). The van der Waals surface area contributed by atoms with Gasteiger partial charge < -0.3 is 10.1 Å². The van der Waals surface area contributed by atoms with Gasteiger partial charge in [0.1, 0.15) is 12.3 Å². The second-order valence-corrected chi connectivity index (χ2v) is 8.75. The molecule has 1 amide bonds. The molecule has 0 aromatic heterocycles. The molecule has 6 nitrogen and oxygen atoms in total. The van der Waals surface area contributed by atoms with Crippen LogP contribution in [0.4, 0.5) is 11.4 Å². The first kappa shape index (κ1) is 21.1. The van der Waals surface area contributed by atoms with Crippen LogP contribution in [0.3, 0.4) is 0 Å². The maximum atomic E-state index is 12.5. The first-order valence-electron chi connectivity index (χ1n) is 8.33. The van der Waals surface area contributed by atoms with Crippen LogP contribution in [0.2, 0.25) is 5.02 Å². The highest BCUT2D eigenvalue weighted by atomic mass is 35.5. The number of rotatable bonds is 7. The Morgan fingerprint density at radius 1 is 1.19 bits per heavy atom. The van der Waals surface area contributed by atoms with Crippen molar-refractivity contribution in [3.8, 4) is 5.75 Å². The molecule has 0 spiro atoms. The Morgan fingerprint density at radius 3 is 2.33 bits per heavy atom. The molecule has 0 radical (unpaired) electrons. The van der Waals surface area contributed by atoms with Crippen LogP contribution in [-0.2, 0) is 14.8 Å². The van der Waals surface area contributed by atoms with Gasteiger partial charge in [0.15, 0.2) is 0 Å². The quantitative estimate of drug-likeness (QED) is 0.751. The lowest BCUT2D eigenvalue weighted by Gasteiger charge is -2.24. The van der Waals surface area contributed by atoms with E-state index in [9.17, 15) is 13.2 Å². The lowest BCUT2D eigenvalue weighted by atomic mass is 10.0. The normalized spacial score (nSPS) is 11.3. The van der Waals surface area contributed by atoms with Gasteiger partial charge in [-0.25, -0.2) is 8.42 Å². The second kappa shape index (κ2) is 8.63. The van der Waals surface area contributed by atoms with E-state index in [0.717, 1.165) is 16.1 Å². The van der Waals surface area contributed by atoms with Crippen molar-refractivity contribution < 1.29 is 17.9 Å². The van der Waals surface area contributed by atoms with Crippen molar-refractivity contribution in [1.29, 1.82) is 0 Å². The number of methoxy groups -OCH3 is 1. The molecule has 1 N–H and O–H groups in total. The molecule has 2 rings (SSSR count). The molecule has 0 bridgehead atoms. The van der Waals surface area contributed by atoms with E-state index in [2.05, 4.69) is 19.2 Å². The van der Waals surface area contributed by atoms with Gasteiger partial charge >= 0.3 is 0 Å². The number of benzene rings is 2. The van der Waals surface area contributed by atoms with Crippen LogP contribution in [0, 0.1) is 0 Å². The average molecular weight is 411 g/mol. The van der Waals surface area contributed by atoms with Crippen LogP contribution < -0.4 is 14.4 Å². The predicted molar refractivity (Wildman–Crippen MR) is 109 cm³/mol. The summed E-state index contributed by atoms with van der Waals surface area (Å²) in [4.78, 5) is 12.5. The Balaban J connectivity index is 2.24. The zero-order valence-electron chi connectivity index (χ0n) is 15.7. The van der Waals surface area contributed by atoms with E-state index in [-0.39, 0.29) is 5.69 Å². The van der Waals surface area contributed by atoms with E-state index < -0.39 is 22.5 Å². The summed E-state index contributed by atoms with van der Waals surface area (Å²) in [5.41, 5.74) is 1.95. The molecule has 8 heteroatoms. The van der Waals surface area contributed by atoms with Crippen molar-refractivity contribution in [3.63, 3.8) is 0 Å². The highest BCUT2D eigenvalue weighted by molar-refractivity contribution is 7.92. The molecule has 146 valence electrons. The zero-order chi connectivity index (χ0) is 20.2. The van der Waals surface area contributed by atoms with Gasteiger partial charge in [-0.1, -0.05) is 37.6 Å². The van der Waals surface area contributed by atoms with Gasteiger partial charge in [-0.3, -0.25) is 9.10 Å². The van der Waals surface area contributed by atoms with Gasteiger partial charge in [0.05, 0.1) is 19.1 Å². The summed E-state index contributed by atoms with van der Waals surface area (Å²) in [5, 5.41) is 3.05. The summed E-state index contributed by atoms with van der Waals surface area (Å²) < 4.78 is 30.7. The summed E-state index contributed by atoms with van der Waals surface area (Å²) in [7, 11) is -2.32. The Bertz CT molecular complexity index is 912. The third-order valence-electron chi connectivity index (χ3n) is 3.96. The molecule has 0 atom stereocenters. The van der Waals surface area contributed by atoms with Crippen molar-refractivity contribution >= 4 is 38.9 Å². The van der Waals surface area contributed by atoms with E-state index in [4.69, 9.17) is 16.3 Å². The average Bonchev–Trinajstić information content (AvgIpc) is 2.59. The van der Waals surface area contributed by atoms with E-state index in [1.807, 2.05) is 12.1 Å². The molecule has 0 unspecified atom stereocenters. The molecule has 0 heterocycles. The van der Waals surface area contributed by atoms with Crippen molar-refractivity contribution in [2.24, 2.45) is 0 Å². The Hall–Kier alpha value is -2.25. The van der Waals surface area contributed by atoms with Crippen LogP contribution in [-0.4, -0.2) is 34.2 Å². The van der Waals surface area contributed by atoms with E-state index in [1.165, 1.54) is 13.2 Å². The van der Waals surface area contributed by atoms with Gasteiger partial charge in [-0.15, -0.1) is 0 Å². The number of nitrogens with one attached hydrogen (secondary N) is 1. The number of anilines is 2. The lowest BCUT2D eigenvalue weighted by Crippen LogP contribution is -2.37. The van der Waals surface area contributed by atoms with Gasteiger partial charge in [-0.05, 0) is 41.8 Å². The van der Waals surface area contributed by atoms with E-state index >= 15 is 0 Å². The molecule has 27 heavy (non-hydrogen) atoms. The van der Waals surface area contributed by atoms with Gasteiger partial charge in [-0.2, -0.15) is 0 Å². The molecule has 0 saturated heterocycles. The predicted octanol–water partition coefficient (Wildman–Crippen LogP) is 3.88. The topological polar surface area (TPSA) is 75.7 Å². The maximum absolute atomic E-state index is 12.5. The van der Waals surface area contributed by atoms with Gasteiger partial charge in [0, 0.05) is 10.7 Å². The highest BCUT2D eigenvalue weighted by Gasteiger charge is 2.24. The number of carbonyl (C=O) groups is 1. The molecular formula is C19H23ClN2O4S. The summed E-state index contributed by atoms with van der Waals surface area (Å²) in [6.45, 7) is 3.76. The Morgan fingerprint density at radius 2 is 1.81 bits per heavy atom. The van der Waals surface area contributed by atoms with Gasteiger partial charge in [0.25, 0.3) is 0 Å². The van der Waals surface area contributed by atoms with Crippen LogP contribution in [0.15, 0.2) is 42.5 Å². The third-order valence-corrected chi connectivity index (χ3v) is 5.32. The molecule has 0 aliphatic carbocycles. The third kappa shape index (κ3) is 5.61. The number of hydrogen-bond donors (Lipinski definition) is 1. The number of sulfonamides is 1. The minimum atomic E-state index is -3.74. The van der Waals surface area contributed by atoms with Gasteiger partial charge in [0.2, 0.25) is 15.9 Å². The highest BCUT2D eigenvalue weighted by Crippen LogP contribution is 2.32. The first-order valence-corrected chi connectivity index (χ1v) is 10.6. The number of hydrogen-bond acceptors (Lipinski definition) is 4. The zero-order valence-corrected chi connectivity index (χ0v) is 17.3. The van der Waals surface area contributed by atoms with Crippen LogP contribution >= 0.6 is 11.6 Å². The van der Waals surface area contributed by atoms with Crippen LogP contribution in [0.1, 0.15) is 25.3 Å². The number of halogens is 1. The minimum absolute atomic E-state index is 0.206. The molecule has 2 aromatic rings. The number of nitrogens with zero attached hydrogens (tertiary/aromatic N) is 1. The summed E-state index contributed by atoms with van der Waals surface area (Å²) >= 11 is 6.00. The summed E-state index contributed by atoms with van der Waals surface area (Å²) in [5.74, 6) is 0.212. The van der Waals surface area contributed by atoms with Crippen LogP contribution in [0.25, 0.3) is 0 Å². The van der Waals surface area contributed by atoms with E-state index in [1.54, 1.807) is 24.3 Å². The first-order chi connectivity index (χ1) is 12.6. The van der Waals surface area contributed by atoms with Crippen molar-refractivity contribution in [2.45, 2.75) is 19.8 Å². The Kier molecular flexibility index (Phi) is 6.73. The number of carbonyl (C=O) groups excluding carboxylic acids is 1. The van der Waals surface area contributed by atoms with Crippen molar-refractivity contribution in [2.75, 3.05) is 29.5 Å². The second-order valence-electron chi connectivity index (χ2n) is 6.41. The summed E-state index contributed by atoms with van der Waals surface area (Å²) in [6.07, 6.45) is 1.03. The molecule has 0 aliphatic heterocycles. The number of ether oxygens (including phenoxy) is 1. The molecule has 0 fully saturated rings. The smallest absolute Gasteiger partial charge is 0.245 e. The van der Waals surface area contributed by atoms with Crippen molar-refractivity contribution in [1.82, 2.24) is 0 Å². The largest absolute Gasteiger partial charge is 0.495 e. The van der Waals surface area contributed by atoms with Crippen molar-refractivity contribution in [3.05, 3.63) is 53.1 Å². The Labute approximate surface area is 165 Å².